The van der Waals surface area contributed by atoms with Gasteiger partial charge in [0.05, 0.1) is 4.90 Å². The highest BCUT2D eigenvalue weighted by Crippen LogP contribution is 2.31. The van der Waals surface area contributed by atoms with Crippen molar-refractivity contribution in [1.82, 2.24) is 14.5 Å². The van der Waals surface area contributed by atoms with E-state index in [0.29, 0.717) is 13.1 Å². The summed E-state index contributed by atoms with van der Waals surface area (Å²) in [4.78, 5) is 0.128. The molecule has 0 N–H and O–H groups in total. The lowest BCUT2D eigenvalue weighted by Crippen LogP contribution is -2.39. The van der Waals surface area contributed by atoms with Crippen molar-refractivity contribution < 1.29 is 12.8 Å². The van der Waals surface area contributed by atoms with Gasteiger partial charge >= 0.3 is 0 Å². The van der Waals surface area contributed by atoms with Crippen LogP contribution in [0.15, 0.2) is 29.2 Å². The first-order valence-electron chi connectivity index (χ1n) is 7.02. The SMILES string of the molecule is Cc1nnc([C@@H]2CCCN(S(=O)(=O)c3ccc(F)cc3)C2)s1. The van der Waals surface area contributed by atoms with Gasteiger partial charge in [-0.05, 0) is 44.0 Å². The number of halogens is 1. The van der Waals surface area contributed by atoms with Gasteiger partial charge in [-0.2, -0.15) is 4.31 Å². The molecule has 1 aromatic carbocycles. The van der Waals surface area contributed by atoms with Gasteiger partial charge in [0, 0.05) is 19.0 Å². The van der Waals surface area contributed by atoms with Crippen molar-refractivity contribution in [3.05, 3.63) is 40.1 Å². The fraction of sp³-hybridized carbons (Fsp3) is 0.429. The Kier molecular flexibility index (Phi) is 4.24. The van der Waals surface area contributed by atoms with E-state index in [1.807, 2.05) is 6.92 Å². The Bertz CT molecular complexity index is 759. The second-order valence-corrected chi connectivity index (χ2v) is 8.47. The maximum absolute atomic E-state index is 13.0. The number of rotatable bonds is 3. The van der Waals surface area contributed by atoms with Gasteiger partial charge in [-0.15, -0.1) is 21.5 Å². The van der Waals surface area contributed by atoms with Crippen molar-refractivity contribution in [3.8, 4) is 0 Å². The number of aromatic nitrogens is 2. The summed E-state index contributed by atoms with van der Waals surface area (Å²) in [6, 6.07) is 4.96. The van der Waals surface area contributed by atoms with E-state index in [1.165, 1.54) is 39.9 Å². The third-order valence-corrected chi connectivity index (χ3v) is 6.61. The molecule has 1 aliphatic rings. The molecular weight excluding hydrogens is 325 g/mol. The van der Waals surface area contributed by atoms with E-state index in [0.717, 1.165) is 22.9 Å². The Morgan fingerprint density at radius 2 is 2.00 bits per heavy atom. The summed E-state index contributed by atoms with van der Waals surface area (Å²) in [5.74, 6) is -0.366. The molecule has 0 spiro atoms. The Hall–Kier alpha value is -1.38. The zero-order valence-electron chi connectivity index (χ0n) is 12.1. The highest BCUT2D eigenvalue weighted by Gasteiger charge is 2.32. The van der Waals surface area contributed by atoms with Gasteiger partial charge in [0.15, 0.2) is 0 Å². The Labute approximate surface area is 132 Å². The number of hydrogen-bond donors (Lipinski definition) is 0. The third kappa shape index (κ3) is 3.04. The van der Waals surface area contributed by atoms with Crippen LogP contribution in [0.4, 0.5) is 4.39 Å². The molecule has 0 radical (unpaired) electrons. The second kappa shape index (κ2) is 6.02. The number of piperidine rings is 1. The van der Waals surface area contributed by atoms with Crippen LogP contribution in [0, 0.1) is 12.7 Å². The zero-order valence-corrected chi connectivity index (χ0v) is 13.7. The summed E-state index contributed by atoms with van der Waals surface area (Å²) in [6.45, 7) is 2.76. The van der Waals surface area contributed by atoms with Crippen molar-refractivity contribution in [3.63, 3.8) is 0 Å². The van der Waals surface area contributed by atoms with Crippen LogP contribution < -0.4 is 0 Å². The molecule has 1 saturated heterocycles. The van der Waals surface area contributed by atoms with E-state index in [2.05, 4.69) is 10.2 Å². The minimum Gasteiger partial charge on any atom is -0.207 e. The lowest BCUT2D eigenvalue weighted by molar-refractivity contribution is 0.314. The number of benzene rings is 1. The van der Waals surface area contributed by atoms with Crippen molar-refractivity contribution in [2.24, 2.45) is 0 Å². The first-order chi connectivity index (χ1) is 10.5. The van der Waals surface area contributed by atoms with E-state index in [1.54, 1.807) is 0 Å². The normalized spacial score (nSPS) is 20.2. The van der Waals surface area contributed by atoms with E-state index in [-0.39, 0.29) is 10.8 Å². The van der Waals surface area contributed by atoms with Gasteiger partial charge in [0.1, 0.15) is 15.8 Å². The molecule has 2 aromatic rings. The van der Waals surface area contributed by atoms with Crippen LogP contribution in [0.3, 0.4) is 0 Å². The van der Waals surface area contributed by atoms with Gasteiger partial charge in [-0.25, -0.2) is 12.8 Å². The smallest absolute Gasteiger partial charge is 0.207 e. The van der Waals surface area contributed by atoms with Crippen molar-refractivity contribution in [2.45, 2.75) is 30.6 Å². The third-order valence-electron chi connectivity index (χ3n) is 3.73. The summed E-state index contributed by atoms with van der Waals surface area (Å²) in [7, 11) is -3.59. The largest absolute Gasteiger partial charge is 0.243 e. The fourth-order valence-electron chi connectivity index (χ4n) is 2.59. The number of nitrogens with zero attached hydrogens (tertiary/aromatic N) is 3. The average Bonchev–Trinajstić information content (AvgIpc) is 2.94. The molecule has 2 heterocycles. The van der Waals surface area contributed by atoms with Crippen LogP contribution in [0.5, 0.6) is 0 Å². The minimum absolute atomic E-state index is 0.0789. The monoisotopic (exact) mass is 341 g/mol. The minimum atomic E-state index is -3.59. The zero-order chi connectivity index (χ0) is 15.7. The van der Waals surface area contributed by atoms with Crippen LogP contribution in [0.2, 0.25) is 0 Å². The number of hydrogen-bond acceptors (Lipinski definition) is 5. The average molecular weight is 341 g/mol. The predicted octanol–water partition coefficient (Wildman–Crippen LogP) is 2.55. The molecule has 5 nitrogen and oxygen atoms in total. The van der Waals surface area contributed by atoms with Crippen LogP contribution in [0.1, 0.15) is 28.8 Å². The first kappa shape index (κ1) is 15.5. The van der Waals surface area contributed by atoms with Gasteiger partial charge in [0.25, 0.3) is 0 Å². The highest BCUT2D eigenvalue weighted by atomic mass is 32.2. The van der Waals surface area contributed by atoms with Crippen molar-refractivity contribution in [2.75, 3.05) is 13.1 Å². The number of aryl methyl sites for hydroxylation is 1. The molecule has 0 amide bonds. The van der Waals surface area contributed by atoms with Crippen LogP contribution in [-0.2, 0) is 10.0 Å². The van der Waals surface area contributed by atoms with E-state index < -0.39 is 15.8 Å². The Morgan fingerprint density at radius 3 is 2.64 bits per heavy atom. The van der Waals surface area contributed by atoms with Crippen LogP contribution >= 0.6 is 11.3 Å². The maximum atomic E-state index is 13.0. The van der Waals surface area contributed by atoms with Crippen molar-refractivity contribution >= 4 is 21.4 Å². The lowest BCUT2D eigenvalue weighted by Gasteiger charge is -2.30. The molecular formula is C14H16FN3O2S2. The van der Waals surface area contributed by atoms with Crippen LogP contribution in [0.25, 0.3) is 0 Å². The summed E-state index contributed by atoms with van der Waals surface area (Å²) >= 11 is 1.51. The van der Waals surface area contributed by atoms with E-state index in [9.17, 15) is 12.8 Å². The highest BCUT2D eigenvalue weighted by molar-refractivity contribution is 7.89. The molecule has 3 rings (SSSR count). The second-order valence-electron chi connectivity index (χ2n) is 5.32. The summed E-state index contributed by atoms with van der Waals surface area (Å²) in [5, 5.41) is 9.91. The van der Waals surface area contributed by atoms with Gasteiger partial charge in [-0.3, -0.25) is 0 Å². The molecule has 8 heteroatoms. The topological polar surface area (TPSA) is 63.2 Å². The number of sulfonamides is 1. The van der Waals surface area contributed by atoms with E-state index in [4.69, 9.17) is 0 Å². The van der Waals surface area contributed by atoms with Gasteiger partial charge in [-0.1, -0.05) is 0 Å². The quantitative estimate of drug-likeness (QED) is 0.861. The molecule has 1 atom stereocenters. The summed E-state index contributed by atoms with van der Waals surface area (Å²) in [6.07, 6.45) is 1.69. The first-order valence-corrected chi connectivity index (χ1v) is 9.28. The Morgan fingerprint density at radius 1 is 1.27 bits per heavy atom. The maximum Gasteiger partial charge on any atom is 0.243 e. The molecule has 1 fully saturated rings. The molecule has 0 aliphatic carbocycles. The molecule has 118 valence electrons. The van der Waals surface area contributed by atoms with Crippen molar-refractivity contribution in [1.29, 1.82) is 0 Å². The standard InChI is InChI=1S/C14H16FN3O2S2/c1-10-16-17-14(21-10)11-3-2-8-18(9-11)22(19,20)13-6-4-12(15)5-7-13/h4-7,11H,2-3,8-9H2,1H3/t11-/m1/s1. The molecule has 1 aromatic heterocycles. The molecule has 1 aliphatic heterocycles. The van der Waals surface area contributed by atoms with Gasteiger partial charge in [0.2, 0.25) is 10.0 Å². The van der Waals surface area contributed by atoms with E-state index >= 15 is 0 Å². The van der Waals surface area contributed by atoms with Crippen LogP contribution in [-0.4, -0.2) is 36.0 Å². The summed E-state index contributed by atoms with van der Waals surface area (Å²) in [5.41, 5.74) is 0. The molecule has 22 heavy (non-hydrogen) atoms. The molecule has 0 saturated carbocycles. The fourth-order valence-corrected chi connectivity index (χ4v) is 4.94. The lowest BCUT2D eigenvalue weighted by atomic mass is 10.0. The van der Waals surface area contributed by atoms with Gasteiger partial charge < -0.3 is 0 Å². The predicted molar refractivity (Wildman–Crippen MR) is 81.8 cm³/mol. The molecule has 0 bridgehead atoms. The summed E-state index contributed by atoms with van der Waals surface area (Å²) < 4.78 is 39.7. The molecule has 0 unspecified atom stereocenters. The Balaban J connectivity index is 1.83.